The molecule has 2 aromatic rings. The Morgan fingerprint density at radius 1 is 1.26 bits per heavy atom. The number of rotatable bonds is 7. The zero-order chi connectivity index (χ0) is 19.5. The van der Waals surface area contributed by atoms with Crippen molar-refractivity contribution >= 4 is 54.6 Å². The summed E-state index contributed by atoms with van der Waals surface area (Å²) < 4.78 is 15.3. The van der Waals surface area contributed by atoms with Crippen LogP contribution in [0.3, 0.4) is 0 Å². The van der Waals surface area contributed by atoms with Crippen molar-refractivity contribution < 1.29 is 9.32 Å². The van der Waals surface area contributed by atoms with Crippen molar-refractivity contribution in [3.8, 4) is 0 Å². The van der Waals surface area contributed by atoms with Gasteiger partial charge in [-0.1, -0.05) is 12.8 Å². The molecule has 27 heavy (non-hydrogen) atoms. The van der Waals surface area contributed by atoms with Gasteiger partial charge in [0, 0.05) is 33.5 Å². The largest absolute Gasteiger partial charge is 0.394 e. The van der Waals surface area contributed by atoms with E-state index < -0.39 is 9.71 Å². The molecule has 0 radical (unpaired) electrons. The number of nitrogens with zero attached hydrogens (tertiary/aromatic N) is 2. The average Bonchev–Trinajstić information content (AvgIpc) is 3.07. The summed E-state index contributed by atoms with van der Waals surface area (Å²) in [6.07, 6.45) is 7.27. The number of aliphatic hydroxyl groups is 1. The molecular formula is C18H24BrN5O2S. The van der Waals surface area contributed by atoms with E-state index in [2.05, 4.69) is 47.1 Å². The third kappa shape index (κ3) is 5.33. The Kier molecular flexibility index (Phi) is 5.92. The van der Waals surface area contributed by atoms with Gasteiger partial charge >= 0.3 is 0 Å². The molecule has 7 nitrogen and oxygen atoms in total. The normalized spacial score (nSPS) is 17.9. The van der Waals surface area contributed by atoms with Gasteiger partial charge in [0.15, 0.2) is 0 Å². The van der Waals surface area contributed by atoms with Gasteiger partial charge in [0.1, 0.15) is 5.82 Å². The molecule has 1 fully saturated rings. The Balaban J connectivity index is 1.74. The van der Waals surface area contributed by atoms with E-state index in [1.165, 1.54) is 0 Å². The summed E-state index contributed by atoms with van der Waals surface area (Å²) in [6.45, 7) is 0.0770. The molecule has 1 aromatic carbocycles. The van der Waals surface area contributed by atoms with Crippen molar-refractivity contribution in [1.29, 1.82) is 0 Å². The molecule has 4 N–H and O–H groups in total. The fourth-order valence-electron chi connectivity index (χ4n) is 3.14. The van der Waals surface area contributed by atoms with Gasteiger partial charge in [0.05, 0.1) is 16.6 Å². The molecule has 1 heterocycles. The van der Waals surface area contributed by atoms with E-state index in [-0.39, 0.29) is 12.1 Å². The Morgan fingerprint density at radius 3 is 2.48 bits per heavy atom. The second-order valence-corrected chi connectivity index (χ2v) is 10.0. The first kappa shape index (κ1) is 19.9. The molecule has 1 aromatic heterocycles. The first-order valence-electron chi connectivity index (χ1n) is 8.67. The lowest BCUT2D eigenvalue weighted by molar-refractivity contribution is 0.213. The second kappa shape index (κ2) is 8.04. The maximum absolute atomic E-state index is 11.7. The summed E-state index contributed by atoms with van der Waals surface area (Å²) in [5.41, 5.74) is 1.22. The van der Waals surface area contributed by atoms with Gasteiger partial charge in [0.25, 0.3) is 0 Å². The lowest BCUT2D eigenvalue weighted by Gasteiger charge is -2.29. The molecular weight excluding hydrogens is 430 g/mol. The monoisotopic (exact) mass is 453 g/mol. The van der Waals surface area contributed by atoms with Crippen molar-refractivity contribution in [1.82, 2.24) is 9.97 Å². The minimum atomic E-state index is -2.31. The molecule has 3 rings (SSSR count). The Labute approximate surface area is 168 Å². The first-order valence-corrected chi connectivity index (χ1v) is 11.6. The van der Waals surface area contributed by atoms with Gasteiger partial charge in [-0.2, -0.15) is 4.98 Å². The summed E-state index contributed by atoms with van der Waals surface area (Å²) in [4.78, 5) is 8.84. The quantitative estimate of drug-likeness (QED) is 0.479. The third-order valence-corrected chi connectivity index (χ3v) is 5.71. The Hall–Kier alpha value is -1.84. The zero-order valence-corrected chi connectivity index (χ0v) is 17.6. The highest BCUT2D eigenvalue weighted by Gasteiger charge is 2.34. The number of aliphatic hydroxyl groups excluding tert-OH is 1. The zero-order valence-electron chi connectivity index (χ0n) is 15.2. The van der Waals surface area contributed by atoms with Crippen LogP contribution in [0.1, 0.15) is 25.7 Å². The topological polar surface area (TPSA) is 99.2 Å². The number of benzene rings is 1. The lowest BCUT2D eigenvalue weighted by Crippen LogP contribution is -2.39. The SMILES string of the molecule is C=S(C)(=O)Nc1ccc(Nc2ncc(Br)c(NC3(CO)CCCC3)n2)cc1. The smallest absolute Gasteiger partial charge is 0.229 e. The minimum absolute atomic E-state index is 0.0770. The van der Waals surface area contributed by atoms with Gasteiger partial charge in [-0.05, 0) is 58.9 Å². The van der Waals surface area contributed by atoms with Crippen LogP contribution in [-0.2, 0) is 9.71 Å². The van der Waals surface area contributed by atoms with Crippen molar-refractivity contribution in [2.24, 2.45) is 0 Å². The number of anilines is 4. The standard InChI is InChI=1S/C18H24BrN5O2S/c1-27(2,26)24-14-7-5-13(6-8-14)21-17-20-11-15(19)16(22-17)23-18(12-25)9-3-4-10-18/h5-8,11,25H,1,3-4,9-10,12H2,2H3,(H,24,26)(H2,20,21,22,23). The summed E-state index contributed by atoms with van der Waals surface area (Å²) >= 11 is 3.48. The maximum Gasteiger partial charge on any atom is 0.229 e. The number of nitrogens with one attached hydrogen (secondary N) is 3. The van der Waals surface area contributed by atoms with E-state index in [4.69, 9.17) is 0 Å². The van der Waals surface area contributed by atoms with Gasteiger partial charge in [0.2, 0.25) is 5.95 Å². The molecule has 0 aliphatic heterocycles. The molecule has 1 aliphatic rings. The molecule has 1 unspecified atom stereocenters. The Bertz CT molecular complexity index is 896. The van der Waals surface area contributed by atoms with Crippen molar-refractivity contribution in [2.45, 2.75) is 31.2 Å². The number of halogens is 1. The Morgan fingerprint density at radius 2 is 1.89 bits per heavy atom. The van der Waals surface area contributed by atoms with E-state index in [0.29, 0.717) is 11.8 Å². The fraction of sp³-hybridized carbons (Fsp3) is 0.389. The van der Waals surface area contributed by atoms with E-state index >= 15 is 0 Å². The maximum atomic E-state index is 11.7. The van der Waals surface area contributed by atoms with Crippen LogP contribution >= 0.6 is 15.9 Å². The average molecular weight is 454 g/mol. The molecule has 0 amide bonds. The van der Waals surface area contributed by atoms with Crippen LogP contribution in [0.25, 0.3) is 0 Å². The summed E-state index contributed by atoms with van der Waals surface area (Å²) in [7, 11) is -2.31. The summed E-state index contributed by atoms with van der Waals surface area (Å²) in [5, 5.41) is 16.4. The van der Waals surface area contributed by atoms with E-state index in [9.17, 15) is 9.32 Å². The second-order valence-electron chi connectivity index (χ2n) is 6.97. The number of aromatic nitrogens is 2. The minimum Gasteiger partial charge on any atom is -0.394 e. The summed E-state index contributed by atoms with van der Waals surface area (Å²) in [5.74, 6) is 4.69. The van der Waals surface area contributed by atoms with E-state index in [1.807, 2.05) is 24.3 Å². The van der Waals surface area contributed by atoms with E-state index in [1.54, 1.807) is 12.5 Å². The van der Waals surface area contributed by atoms with Crippen molar-refractivity contribution in [3.05, 3.63) is 34.9 Å². The lowest BCUT2D eigenvalue weighted by atomic mass is 9.99. The molecule has 1 atom stereocenters. The van der Waals surface area contributed by atoms with Crippen LogP contribution in [0, 0.1) is 0 Å². The van der Waals surface area contributed by atoms with Crippen LogP contribution < -0.4 is 15.4 Å². The highest BCUT2D eigenvalue weighted by molar-refractivity contribution is 9.10. The predicted octanol–water partition coefficient (Wildman–Crippen LogP) is 3.37. The van der Waals surface area contributed by atoms with Crippen molar-refractivity contribution in [3.63, 3.8) is 0 Å². The molecule has 1 saturated carbocycles. The van der Waals surface area contributed by atoms with Crippen LogP contribution in [0.15, 0.2) is 34.9 Å². The van der Waals surface area contributed by atoms with Crippen molar-refractivity contribution in [2.75, 3.05) is 28.2 Å². The fourth-order valence-corrected chi connectivity index (χ4v) is 4.07. The summed E-state index contributed by atoms with van der Waals surface area (Å²) in [6, 6.07) is 7.32. The van der Waals surface area contributed by atoms with Gasteiger partial charge < -0.3 is 20.5 Å². The molecule has 0 bridgehead atoms. The highest BCUT2D eigenvalue weighted by Crippen LogP contribution is 2.34. The van der Waals surface area contributed by atoms with Gasteiger partial charge in [-0.15, -0.1) is 0 Å². The number of hydrogen-bond acceptors (Lipinski definition) is 6. The molecule has 146 valence electrons. The van der Waals surface area contributed by atoms with Crippen LogP contribution in [-0.4, -0.2) is 43.6 Å². The van der Waals surface area contributed by atoms with Gasteiger partial charge in [-0.25, -0.2) is 9.19 Å². The van der Waals surface area contributed by atoms with E-state index in [0.717, 1.165) is 41.5 Å². The van der Waals surface area contributed by atoms with Crippen LogP contribution in [0.4, 0.5) is 23.1 Å². The predicted molar refractivity (Wildman–Crippen MR) is 116 cm³/mol. The molecule has 9 heteroatoms. The third-order valence-electron chi connectivity index (χ3n) is 4.47. The van der Waals surface area contributed by atoms with Crippen LogP contribution in [0.2, 0.25) is 0 Å². The molecule has 0 saturated heterocycles. The van der Waals surface area contributed by atoms with Crippen LogP contribution in [0.5, 0.6) is 0 Å². The first-order chi connectivity index (χ1) is 12.8. The highest BCUT2D eigenvalue weighted by atomic mass is 79.9. The molecule has 0 spiro atoms. The number of hydrogen-bond donors (Lipinski definition) is 4. The van der Waals surface area contributed by atoms with Gasteiger partial charge in [-0.3, -0.25) is 0 Å². The molecule has 1 aliphatic carbocycles.